The lowest BCUT2D eigenvalue weighted by Crippen LogP contribution is -2.17. The summed E-state index contributed by atoms with van der Waals surface area (Å²) in [5.41, 5.74) is 0. The van der Waals surface area contributed by atoms with E-state index in [1.807, 2.05) is 6.92 Å². The van der Waals surface area contributed by atoms with Crippen LogP contribution in [0.15, 0.2) is 4.52 Å². The lowest BCUT2D eigenvalue weighted by atomic mass is 10.3. The van der Waals surface area contributed by atoms with Crippen molar-refractivity contribution in [3.8, 4) is 0 Å². The topological polar surface area (TPSA) is 68.4 Å². The highest BCUT2D eigenvalue weighted by Gasteiger charge is 2.10. The smallest absolute Gasteiger partial charge is 0.229 e. The van der Waals surface area contributed by atoms with Gasteiger partial charge in [-0.1, -0.05) is 12.1 Å². The van der Waals surface area contributed by atoms with Crippen LogP contribution >= 0.6 is 0 Å². The van der Waals surface area contributed by atoms with Crippen molar-refractivity contribution in [2.45, 2.75) is 25.9 Å². The number of hydrogen-bond acceptors (Lipinski definition) is 5. The zero-order chi connectivity index (χ0) is 9.68. The lowest BCUT2D eigenvalue weighted by Gasteiger charge is -2.04. The Labute approximate surface area is 76.7 Å². The minimum absolute atomic E-state index is 0.282. The molecule has 1 N–H and O–H groups in total. The van der Waals surface area contributed by atoms with E-state index in [2.05, 4.69) is 10.1 Å². The predicted molar refractivity (Wildman–Crippen MR) is 45.3 cm³/mol. The summed E-state index contributed by atoms with van der Waals surface area (Å²) in [5, 5.41) is 13.0. The maximum atomic E-state index is 9.33. The van der Waals surface area contributed by atoms with Gasteiger partial charge in [-0.25, -0.2) is 0 Å². The van der Waals surface area contributed by atoms with Crippen LogP contribution in [0.5, 0.6) is 0 Å². The standard InChI is InChI=1S/C8H14N2O3/c1-3-7-9-8(13-10-7)4-6(11)5-12-2/h6,11H,3-5H2,1-2H3. The predicted octanol–water partition coefficient (Wildman–Crippen LogP) is 0.182. The van der Waals surface area contributed by atoms with Crippen molar-refractivity contribution in [2.75, 3.05) is 13.7 Å². The van der Waals surface area contributed by atoms with Crippen LogP contribution in [-0.2, 0) is 17.6 Å². The number of aliphatic hydroxyl groups excluding tert-OH is 1. The average molecular weight is 186 g/mol. The average Bonchev–Trinajstić information content (AvgIpc) is 2.52. The van der Waals surface area contributed by atoms with Gasteiger partial charge in [0.2, 0.25) is 5.89 Å². The Kier molecular flexibility index (Phi) is 3.85. The number of rotatable bonds is 5. The summed E-state index contributed by atoms with van der Waals surface area (Å²) in [7, 11) is 1.54. The zero-order valence-electron chi connectivity index (χ0n) is 7.86. The maximum absolute atomic E-state index is 9.33. The van der Waals surface area contributed by atoms with Gasteiger partial charge in [0.05, 0.1) is 19.1 Å². The largest absolute Gasteiger partial charge is 0.390 e. The van der Waals surface area contributed by atoms with Crippen LogP contribution in [0.1, 0.15) is 18.6 Å². The monoisotopic (exact) mass is 186 g/mol. The first-order chi connectivity index (χ1) is 6.26. The first kappa shape index (κ1) is 10.1. The van der Waals surface area contributed by atoms with Gasteiger partial charge in [0.25, 0.3) is 0 Å². The van der Waals surface area contributed by atoms with Gasteiger partial charge in [-0.3, -0.25) is 0 Å². The van der Waals surface area contributed by atoms with Gasteiger partial charge in [-0.2, -0.15) is 4.98 Å². The van der Waals surface area contributed by atoms with Gasteiger partial charge in [0.1, 0.15) is 0 Å². The van der Waals surface area contributed by atoms with E-state index >= 15 is 0 Å². The molecule has 1 unspecified atom stereocenters. The Balaban J connectivity index is 2.44. The van der Waals surface area contributed by atoms with Gasteiger partial charge in [-0.15, -0.1) is 0 Å². The van der Waals surface area contributed by atoms with Crippen molar-refractivity contribution < 1.29 is 14.4 Å². The summed E-state index contributed by atoms with van der Waals surface area (Å²) in [4.78, 5) is 4.06. The van der Waals surface area contributed by atoms with Crippen LogP contribution < -0.4 is 0 Å². The molecule has 0 fully saturated rings. The zero-order valence-corrected chi connectivity index (χ0v) is 7.86. The number of aliphatic hydroxyl groups is 1. The molecule has 0 aliphatic heterocycles. The fourth-order valence-corrected chi connectivity index (χ4v) is 0.970. The summed E-state index contributed by atoms with van der Waals surface area (Å²) in [5.74, 6) is 1.13. The quantitative estimate of drug-likeness (QED) is 0.710. The van der Waals surface area contributed by atoms with Crippen LogP contribution in [0.2, 0.25) is 0 Å². The molecule has 1 aromatic rings. The second-order valence-corrected chi connectivity index (χ2v) is 2.77. The van der Waals surface area contributed by atoms with E-state index < -0.39 is 6.10 Å². The Bertz CT molecular complexity index is 249. The first-order valence-electron chi connectivity index (χ1n) is 4.24. The summed E-state index contributed by atoms with van der Waals surface area (Å²) < 4.78 is 9.66. The van der Waals surface area contributed by atoms with Crippen LogP contribution in [0.25, 0.3) is 0 Å². The number of nitrogens with zero attached hydrogens (tertiary/aromatic N) is 2. The number of hydrogen-bond donors (Lipinski definition) is 1. The van der Waals surface area contributed by atoms with E-state index in [9.17, 15) is 5.11 Å². The number of aryl methyl sites for hydroxylation is 1. The van der Waals surface area contributed by atoms with Crippen molar-refractivity contribution in [1.29, 1.82) is 0 Å². The van der Waals surface area contributed by atoms with E-state index in [0.717, 1.165) is 6.42 Å². The van der Waals surface area contributed by atoms with Crippen molar-refractivity contribution in [3.05, 3.63) is 11.7 Å². The summed E-state index contributed by atoms with van der Waals surface area (Å²) in [6.45, 7) is 2.23. The van der Waals surface area contributed by atoms with Crippen LogP contribution in [-0.4, -0.2) is 35.1 Å². The SMILES string of the molecule is CCc1noc(CC(O)COC)n1. The Hall–Kier alpha value is -0.940. The molecule has 0 radical (unpaired) electrons. The van der Waals surface area contributed by atoms with Crippen LogP contribution in [0, 0.1) is 0 Å². The number of ether oxygens (including phenoxy) is 1. The molecule has 5 nitrogen and oxygen atoms in total. The number of methoxy groups -OCH3 is 1. The maximum Gasteiger partial charge on any atom is 0.229 e. The molecular weight excluding hydrogens is 172 g/mol. The lowest BCUT2D eigenvalue weighted by molar-refractivity contribution is 0.0599. The van der Waals surface area contributed by atoms with E-state index in [-0.39, 0.29) is 6.61 Å². The van der Waals surface area contributed by atoms with Gasteiger partial charge in [0.15, 0.2) is 5.82 Å². The van der Waals surface area contributed by atoms with Crippen molar-refractivity contribution >= 4 is 0 Å². The minimum atomic E-state index is -0.574. The second kappa shape index (κ2) is 4.94. The molecule has 0 saturated heterocycles. The third kappa shape index (κ3) is 3.12. The Morgan fingerprint density at radius 2 is 2.38 bits per heavy atom. The van der Waals surface area contributed by atoms with Gasteiger partial charge >= 0.3 is 0 Å². The van der Waals surface area contributed by atoms with Crippen molar-refractivity contribution in [2.24, 2.45) is 0 Å². The Morgan fingerprint density at radius 3 is 2.92 bits per heavy atom. The molecule has 0 aliphatic rings. The first-order valence-corrected chi connectivity index (χ1v) is 4.24. The van der Waals surface area contributed by atoms with Gasteiger partial charge < -0.3 is 14.4 Å². The summed E-state index contributed by atoms with van der Waals surface area (Å²) >= 11 is 0. The Morgan fingerprint density at radius 1 is 1.62 bits per heavy atom. The van der Waals surface area contributed by atoms with Crippen molar-refractivity contribution in [3.63, 3.8) is 0 Å². The molecular formula is C8H14N2O3. The van der Waals surface area contributed by atoms with Gasteiger partial charge in [0, 0.05) is 13.5 Å². The second-order valence-electron chi connectivity index (χ2n) is 2.77. The normalized spacial score (nSPS) is 13.2. The molecule has 1 rings (SSSR count). The molecule has 1 aromatic heterocycles. The molecule has 74 valence electrons. The summed E-state index contributed by atoms with van der Waals surface area (Å²) in [6, 6.07) is 0. The van der Waals surface area contributed by atoms with E-state index in [0.29, 0.717) is 18.1 Å². The van der Waals surface area contributed by atoms with E-state index in [1.165, 1.54) is 7.11 Å². The summed E-state index contributed by atoms with van der Waals surface area (Å²) in [6.07, 6.45) is 0.514. The molecule has 1 atom stereocenters. The number of aromatic nitrogens is 2. The fourth-order valence-electron chi connectivity index (χ4n) is 0.970. The van der Waals surface area contributed by atoms with E-state index in [4.69, 9.17) is 9.26 Å². The van der Waals surface area contributed by atoms with Crippen LogP contribution in [0.3, 0.4) is 0 Å². The molecule has 13 heavy (non-hydrogen) atoms. The van der Waals surface area contributed by atoms with E-state index in [1.54, 1.807) is 0 Å². The molecule has 0 aliphatic carbocycles. The molecule has 0 saturated carbocycles. The molecule has 0 spiro atoms. The molecule has 5 heteroatoms. The third-order valence-corrected chi connectivity index (χ3v) is 1.60. The molecule has 1 heterocycles. The van der Waals surface area contributed by atoms with Crippen LogP contribution in [0.4, 0.5) is 0 Å². The minimum Gasteiger partial charge on any atom is -0.390 e. The molecule has 0 bridgehead atoms. The third-order valence-electron chi connectivity index (χ3n) is 1.60. The van der Waals surface area contributed by atoms with Gasteiger partial charge in [-0.05, 0) is 0 Å². The fraction of sp³-hybridized carbons (Fsp3) is 0.750. The highest BCUT2D eigenvalue weighted by atomic mass is 16.5. The highest BCUT2D eigenvalue weighted by Crippen LogP contribution is 2.02. The molecule has 0 aromatic carbocycles. The van der Waals surface area contributed by atoms with Crippen molar-refractivity contribution in [1.82, 2.24) is 10.1 Å². The molecule has 0 amide bonds. The highest BCUT2D eigenvalue weighted by molar-refractivity contribution is 4.87.